The van der Waals surface area contributed by atoms with Gasteiger partial charge in [-0.05, 0) is 11.6 Å². The van der Waals surface area contributed by atoms with Gasteiger partial charge in [0.05, 0.1) is 17.6 Å². The molecule has 0 radical (unpaired) electrons. The number of rotatable bonds is 5. The van der Waals surface area contributed by atoms with Gasteiger partial charge in [0.1, 0.15) is 0 Å². The van der Waals surface area contributed by atoms with Gasteiger partial charge in [-0.2, -0.15) is 0 Å². The molecule has 0 spiro atoms. The van der Waals surface area contributed by atoms with E-state index in [1.165, 1.54) is 12.1 Å². The molecule has 1 aliphatic rings. The molecule has 0 amide bonds. The third-order valence-corrected chi connectivity index (χ3v) is 3.20. The van der Waals surface area contributed by atoms with Crippen LogP contribution in [0.3, 0.4) is 0 Å². The van der Waals surface area contributed by atoms with E-state index in [1.54, 1.807) is 0 Å². The Morgan fingerprint density at radius 3 is 2.42 bits per heavy atom. The predicted molar refractivity (Wildman–Crippen MR) is 93.9 cm³/mol. The lowest BCUT2D eigenvalue weighted by Gasteiger charge is -2.30. The minimum absolute atomic E-state index is 0.00266. The smallest absolute Gasteiger partial charge is 0.333 e. The van der Waals surface area contributed by atoms with Crippen molar-refractivity contribution >= 4 is 11.7 Å². The Hall–Kier alpha value is -2.23. The quantitative estimate of drug-likeness (QED) is 0.528. The minimum Gasteiger partial charge on any atom is -0.479 e. The zero-order valence-electron chi connectivity index (χ0n) is 15.4. The van der Waals surface area contributed by atoms with E-state index < -0.39 is 29.4 Å². The van der Waals surface area contributed by atoms with Crippen molar-refractivity contribution in [3.8, 4) is 5.75 Å². The van der Waals surface area contributed by atoms with E-state index in [-0.39, 0.29) is 30.9 Å². The van der Waals surface area contributed by atoms with E-state index in [0.29, 0.717) is 5.56 Å². The number of nitro groups is 1. The van der Waals surface area contributed by atoms with Crippen molar-refractivity contribution in [2.75, 3.05) is 0 Å². The Labute approximate surface area is 152 Å². The highest BCUT2D eigenvalue weighted by atomic mass is 16.7. The standard InChI is InChI=1S/C13H15NO8.2C2H6/c15-6-7-1-2-10(9(3-7)14(19)20)21-12-5-8(16)4-11(22-12)13(17)18;2*1-2/h1-3,8,11-12,15-16H,4-6H2,(H,17,18);2*1-2H3/t8-,11-,12+;;/m0../s1. The molecule has 9 heteroatoms. The van der Waals surface area contributed by atoms with Crippen LogP contribution < -0.4 is 4.74 Å². The maximum Gasteiger partial charge on any atom is 0.333 e. The number of carboxylic acid groups (broad SMARTS) is 1. The molecule has 26 heavy (non-hydrogen) atoms. The summed E-state index contributed by atoms with van der Waals surface area (Å²) >= 11 is 0. The summed E-state index contributed by atoms with van der Waals surface area (Å²) in [6.07, 6.45) is -3.34. The van der Waals surface area contributed by atoms with Gasteiger partial charge in [-0.25, -0.2) is 4.79 Å². The number of hydrogen-bond donors (Lipinski definition) is 3. The van der Waals surface area contributed by atoms with E-state index in [0.717, 1.165) is 6.07 Å². The van der Waals surface area contributed by atoms with Gasteiger partial charge in [-0.3, -0.25) is 10.1 Å². The molecule has 2 rings (SSSR count). The number of hydrogen-bond acceptors (Lipinski definition) is 7. The van der Waals surface area contributed by atoms with Gasteiger partial charge >= 0.3 is 11.7 Å². The molecule has 1 aromatic carbocycles. The first-order valence-corrected chi connectivity index (χ1v) is 8.52. The topological polar surface area (TPSA) is 139 Å². The lowest BCUT2D eigenvalue weighted by Crippen LogP contribution is -2.42. The zero-order valence-corrected chi connectivity index (χ0v) is 15.4. The molecule has 148 valence electrons. The summed E-state index contributed by atoms with van der Waals surface area (Å²) in [5.41, 5.74) is -0.0332. The first-order chi connectivity index (χ1) is 12.4. The van der Waals surface area contributed by atoms with E-state index in [9.17, 15) is 20.0 Å². The summed E-state index contributed by atoms with van der Waals surface area (Å²) in [5, 5.41) is 38.6. The summed E-state index contributed by atoms with van der Waals surface area (Å²) in [7, 11) is 0. The highest BCUT2D eigenvalue weighted by molar-refractivity contribution is 5.72. The van der Waals surface area contributed by atoms with Crippen molar-refractivity contribution in [1.82, 2.24) is 0 Å². The van der Waals surface area contributed by atoms with Crippen LogP contribution in [0.4, 0.5) is 5.69 Å². The summed E-state index contributed by atoms with van der Waals surface area (Å²) in [4.78, 5) is 21.3. The Balaban J connectivity index is 0.00000146. The Morgan fingerprint density at radius 2 is 1.92 bits per heavy atom. The van der Waals surface area contributed by atoms with Gasteiger partial charge in [0.25, 0.3) is 0 Å². The minimum atomic E-state index is -1.24. The number of ether oxygens (including phenoxy) is 2. The van der Waals surface area contributed by atoms with Gasteiger partial charge in [0, 0.05) is 18.9 Å². The summed E-state index contributed by atoms with van der Waals surface area (Å²) in [6.45, 7) is 7.64. The summed E-state index contributed by atoms with van der Waals surface area (Å²) < 4.78 is 10.5. The second-order valence-corrected chi connectivity index (χ2v) is 4.85. The zero-order chi connectivity index (χ0) is 20.3. The first-order valence-electron chi connectivity index (χ1n) is 8.52. The highest BCUT2D eigenvalue weighted by Gasteiger charge is 2.34. The maximum absolute atomic E-state index is 11.0. The second-order valence-electron chi connectivity index (χ2n) is 4.85. The van der Waals surface area contributed by atoms with Gasteiger partial charge in [-0.15, -0.1) is 0 Å². The van der Waals surface area contributed by atoms with Crippen molar-refractivity contribution in [3.05, 3.63) is 33.9 Å². The molecule has 9 nitrogen and oxygen atoms in total. The van der Waals surface area contributed by atoms with Gasteiger partial charge in [0.2, 0.25) is 6.29 Å². The van der Waals surface area contributed by atoms with Crippen LogP contribution in [-0.4, -0.2) is 44.7 Å². The predicted octanol–water partition coefficient (Wildman–Crippen LogP) is 2.47. The number of carbonyl (C=O) groups is 1. The van der Waals surface area contributed by atoms with Crippen molar-refractivity contribution < 1.29 is 34.5 Å². The Kier molecular flexibility index (Phi) is 11.1. The van der Waals surface area contributed by atoms with E-state index in [2.05, 4.69) is 0 Å². The van der Waals surface area contributed by atoms with Crippen LogP contribution in [0.2, 0.25) is 0 Å². The molecule has 0 bridgehead atoms. The summed E-state index contributed by atoms with van der Waals surface area (Å²) in [5.74, 6) is -1.36. The number of aliphatic carboxylic acids is 1. The van der Waals surface area contributed by atoms with Crippen molar-refractivity contribution in [1.29, 1.82) is 0 Å². The van der Waals surface area contributed by atoms with Crippen LogP contribution in [0.5, 0.6) is 5.75 Å². The Morgan fingerprint density at radius 1 is 1.31 bits per heavy atom. The number of carboxylic acids is 1. The average molecular weight is 373 g/mol. The largest absolute Gasteiger partial charge is 0.479 e. The molecular weight excluding hydrogens is 346 g/mol. The van der Waals surface area contributed by atoms with Crippen LogP contribution in [0.1, 0.15) is 46.1 Å². The van der Waals surface area contributed by atoms with Gasteiger partial charge < -0.3 is 24.8 Å². The number of aliphatic hydroxyl groups excluding tert-OH is 2. The first kappa shape index (κ1) is 23.8. The molecule has 0 aliphatic carbocycles. The highest BCUT2D eigenvalue weighted by Crippen LogP contribution is 2.31. The molecule has 0 saturated carbocycles. The monoisotopic (exact) mass is 373 g/mol. The molecule has 1 fully saturated rings. The van der Waals surface area contributed by atoms with Gasteiger partial charge in [0.15, 0.2) is 11.9 Å². The van der Waals surface area contributed by atoms with Crippen LogP contribution in [0, 0.1) is 10.1 Å². The lowest BCUT2D eigenvalue weighted by atomic mass is 10.1. The molecule has 1 aliphatic heterocycles. The normalized spacial score (nSPS) is 21.4. The van der Waals surface area contributed by atoms with Crippen LogP contribution >= 0.6 is 0 Å². The van der Waals surface area contributed by atoms with E-state index in [4.69, 9.17) is 19.7 Å². The Bertz CT molecular complexity index is 578. The number of nitro benzene ring substituents is 1. The average Bonchev–Trinajstić information content (AvgIpc) is 2.64. The van der Waals surface area contributed by atoms with E-state index >= 15 is 0 Å². The molecule has 0 unspecified atom stereocenters. The van der Waals surface area contributed by atoms with Crippen molar-refractivity contribution in [2.45, 2.75) is 65.6 Å². The van der Waals surface area contributed by atoms with Crippen LogP contribution in [0.25, 0.3) is 0 Å². The number of nitrogens with zero attached hydrogens (tertiary/aromatic N) is 1. The SMILES string of the molecule is CC.CC.O=C(O)[C@@H]1C[C@H](O)C[C@H](Oc2ccc(CO)cc2[N+](=O)[O-])O1. The van der Waals surface area contributed by atoms with Crippen molar-refractivity contribution in [3.63, 3.8) is 0 Å². The fourth-order valence-electron chi connectivity index (χ4n) is 2.14. The van der Waals surface area contributed by atoms with Gasteiger partial charge in [-0.1, -0.05) is 33.8 Å². The third kappa shape index (κ3) is 6.95. The molecule has 1 heterocycles. The number of aliphatic hydroxyl groups is 2. The molecule has 0 aromatic heterocycles. The fourth-order valence-corrected chi connectivity index (χ4v) is 2.14. The fraction of sp³-hybridized carbons (Fsp3) is 0.588. The van der Waals surface area contributed by atoms with Crippen LogP contribution in [-0.2, 0) is 16.1 Å². The molecule has 1 aromatic rings. The maximum atomic E-state index is 11.0. The molecule has 3 atom stereocenters. The van der Waals surface area contributed by atoms with Crippen molar-refractivity contribution in [2.24, 2.45) is 0 Å². The van der Waals surface area contributed by atoms with E-state index in [1.807, 2.05) is 27.7 Å². The molecule has 3 N–H and O–H groups in total. The molecular formula is C17H27NO8. The third-order valence-electron chi connectivity index (χ3n) is 3.20. The second kappa shape index (κ2) is 12.2. The molecule has 1 saturated heterocycles. The van der Waals surface area contributed by atoms with Crippen LogP contribution in [0.15, 0.2) is 18.2 Å². The number of benzene rings is 1. The summed E-state index contributed by atoms with van der Waals surface area (Å²) in [6, 6.07) is 3.89. The lowest BCUT2D eigenvalue weighted by molar-refractivity contribution is -0.386.